The van der Waals surface area contributed by atoms with E-state index < -0.39 is 57.8 Å². The van der Waals surface area contributed by atoms with Crippen molar-refractivity contribution >= 4 is 25.7 Å². The predicted octanol–water partition coefficient (Wildman–Crippen LogP) is 17.5. The summed E-state index contributed by atoms with van der Waals surface area (Å²) >= 11 is 0. The molecule has 0 aromatic rings. The summed E-state index contributed by atoms with van der Waals surface area (Å²) in [4.78, 5) is 48.5. The minimum Gasteiger partial charge on any atom is -0.462 e. The molecule has 0 fully saturated rings. The van der Waals surface area contributed by atoms with Crippen molar-refractivity contribution in [1.29, 1.82) is 0 Å². The molecule has 0 rings (SSSR count). The van der Waals surface area contributed by atoms with Crippen LogP contribution in [0.3, 0.4) is 0 Å². The first kappa shape index (κ1) is 70.7. The van der Waals surface area contributed by atoms with Crippen LogP contribution in [0.1, 0.15) is 252 Å². The van der Waals surface area contributed by atoms with Gasteiger partial charge in [-0.1, -0.05) is 202 Å². The second-order valence-electron chi connectivity index (χ2n) is 19.4. The topological polar surface area (TPSA) is 155 Å². The Morgan fingerprint density at radius 2 is 0.703 bits per heavy atom. The molecular weight excluding hydrogens is 952 g/mol. The summed E-state index contributed by atoms with van der Waals surface area (Å²) in [5, 5.41) is 9.81. The fourth-order valence-electron chi connectivity index (χ4n) is 7.78. The third-order valence-electron chi connectivity index (χ3n) is 12.3. The van der Waals surface area contributed by atoms with Crippen LogP contribution in [0.15, 0.2) is 85.1 Å². The molecule has 0 amide bonds. The number of carbonyl (C=O) groups is 3. The van der Waals surface area contributed by atoms with E-state index in [0.717, 1.165) is 128 Å². The zero-order valence-electron chi connectivity index (χ0n) is 47.0. The molecule has 0 aliphatic heterocycles. The van der Waals surface area contributed by atoms with E-state index in [0.29, 0.717) is 19.3 Å². The standard InChI is InChI=1S/C62H107O11P/c1-4-7-10-13-16-19-22-25-27-28-29-30-32-35-38-41-44-47-50-53-62(66)73-59(55-69-60(64)51-48-45-42-39-36-34-31-26-23-20-17-14-11-8-5-2)57-71-74(67,68)70-56-58(54-63)72-61(65)52-49-46-43-40-37-33-24-21-18-15-12-9-6-3/h7,10,16,19,21,24-27,29-31,35,38,58-59,63H,4-6,8-9,11-15,17-18,20,22-23,28,32-34,36-37,39-57H2,1-3H3,(H,67,68)/b10-7-,19-16-,24-21-,27-25-,30-29-,31-26-,38-35-. The molecule has 12 heteroatoms. The monoisotopic (exact) mass is 1060 g/mol. The Kier molecular flexibility index (Phi) is 53.4. The summed E-state index contributed by atoms with van der Waals surface area (Å²) in [6.45, 7) is 4.46. The maximum Gasteiger partial charge on any atom is 0.472 e. The number of esters is 3. The van der Waals surface area contributed by atoms with E-state index in [-0.39, 0.29) is 25.9 Å². The normalized spacial score (nSPS) is 14.0. The van der Waals surface area contributed by atoms with Crippen LogP contribution in [0, 0.1) is 0 Å². The summed E-state index contributed by atoms with van der Waals surface area (Å²) in [7, 11) is -4.76. The number of allylic oxidation sites excluding steroid dienone is 14. The molecule has 0 heterocycles. The zero-order valence-corrected chi connectivity index (χ0v) is 47.9. The Labute approximate surface area is 451 Å². The van der Waals surface area contributed by atoms with Gasteiger partial charge in [0.05, 0.1) is 19.8 Å². The van der Waals surface area contributed by atoms with Crippen LogP contribution >= 0.6 is 7.82 Å². The van der Waals surface area contributed by atoms with Crippen LogP contribution in [-0.4, -0.2) is 66.5 Å². The summed E-state index contributed by atoms with van der Waals surface area (Å²) in [6.07, 6.45) is 63.9. The molecule has 74 heavy (non-hydrogen) atoms. The molecule has 0 spiro atoms. The average Bonchev–Trinajstić information content (AvgIpc) is 3.39. The van der Waals surface area contributed by atoms with Crippen LogP contribution in [0.4, 0.5) is 0 Å². The highest BCUT2D eigenvalue weighted by Gasteiger charge is 2.28. The lowest BCUT2D eigenvalue weighted by Gasteiger charge is -2.21. The predicted molar refractivity (Wildman–Crippen MR) is 307 cm³/mol. The minimum absolute atomic E-state index is 0.124. The van der Waals surface area contributed by atoms with E-state index in [1.54, 1.807) is 0 Å². The fraction of sp³-hybridized carbons (Fsp3) is 0.726. The number of unbranched alkanes of at least 4 members (excludes halogenated alkanes) is 23. The van der Waals surface area contributed by atoms with Crippen molar-refractivity contribution < 1.29 is 52.2 Å². The van der Waals surface area contributed by atoms with Crippen LogP contribution in [0.5, 0.6) is 0 Å². The second kappa shape index (κ2) is 55.9. The molecule has 3 unspecified atom stereocenters. The van der Waals surface area contributed by atoms with Gasteiger partial charge in [-0.3, -0.25) is 23.4 Å². The maximum absolute atomic E-state index is 12.9. The largest absolute Gasteiger partial charge is 0.472 e. The Bertz CT molecular complexity index is 1560. The van der Waals surface area contributed by atoms with Gasteiger partial charge in [0.2, 0.25) is 0 Å². The molecule has 0 aliphatic rings. The quantitative estimate of drug-likeness (QED) is 0.0197. The number of rotatable bonds is 54. The lowest BCUT2D eigenvalue weighted by Crippen LogP contribution is -2.30. The van der Waals surface area contributed by atoms with Gasteiger partial charge < -0.3 is 24.2 Å². The van der Waals surface area contributed by atoms with Gasteiger partial charge in [0.25, 0.3) is 0 Å². The van der Waals surface area contributed by atoms with Gasteiger partial charge >= 0.3 is 25.7 Å². The van der Waals surface area contributed by atoms with Gasteiger partial charge in [-0.25, -0.2) is 4.57 Å². The van der Waals surface area contributed by atoms with Gasteiger partial charge in [-0.05, 0) is 116 Å². The number of phosphoric acid groups is 1. The summed E-state index contributed by atoms with van der Waals surface area (Å²) in [6, 6.07) is 0. The Morgan fingerprint density at radius 1 is 0.392 bits per heavy atom. The molecule has 0 aromatic carbocycles. The van der Waals surface area contributed by atoms with E-state index in [4.69, 9.17) is 23.3 Å². The van der Waals surface area contributed by atoms with Crippen molar-refractivity contribution in [3.05, 3.63) is 85.1 Å². The van der Waals surface area contributed by atoms with Crippen molar-refractivity contribution in [2.24, 2.45) is 0 Å². The number of hydrogen-bond acceptors (Lipinski definition) is 10. The van der Waals surface area contributed by atoms with E-state index in [1.807, 2.05) is 0 Å². The van der Waals surface area contributed by atoms with Gasteiger partial charge in [0.1, 0.15) is 12.7 Å². The molecular formula is C62H107O11P. The first-order chi connectivity index (χ1) is 36.2. The van der Waals surface area contributed by atoms with Crippen molar-refractivity contribution in [2.45, 2.75) is 264 Å². The van der Waals surface area contributed by atoms with E-state index in [2.05, 4.69) is 106 Å². The highest BCUT2D eigenvalue weighted by Crippen LogP contribution is 2.43. The Hall–Kier alpha value is -3.34. The second-order valence-corrected chi connectivity index (χ2v) is 20.9. The lowest BCUT2D eigenvalue weighted by molar-refractivity contribution is -0.161. The van der Waals surface area contributed by atoms with Crippen molar-refractivity contribution in [2.75, 3.05) is 26.4 Å². The minimum atomic E-state index is -4.76. The third-order valence-corrected chi connectivity index (χ3v) is 13.2. The molecule has 0 bridgehead atoms. The molecule has 0 saturated heterocycles. The Morgan fingerprint density at radius 3 is 1.12 bits per heavy atom. The number of hydrogen-bond donors (Lipinski definition) is 2. The number of aliphatic hydroxyl groups excluding tert-OH is 1. The molecule has 0 aromatic heterocycles. The van der Waals surface area contributed by atoms with Crippen LogP contribution in [0.2, 0.25) is 0 Å². The van der Waals surface area contributed by atoms with Gasteiger partial charge in [0, 0.05) is 19.3 Å². The average molecular weight is 1060 g/mol. The lowest BCUT2D eigenvalue weighted by atomic mass is 10.1. The maximum atomic E-state index is 12.9. The first-order valence-electron chi connectivity index (χ1n) is 29.5. The zero-order chi connectivity index (χ0) is 54.1. The molecule has 426 valence electrons. The summed E-state index contributed by atoms with van der Waals surface area (Å²) in [5.41, 5.74) is 0. The summed E-state index contributed by atoms with van der Waals surface area (Å²) in [5.74, 6) is -1.52. The van der Waals surface area contributed by atoms with E-state index in [1.165, 1.54) is 64.2 Å². The fourth-order valence-corrected chi connectivity index (χ4v) is 8.57. The van der Waals surface area contributed by atoms with E-state index in [9.17, 15) is 28.9 Å². The van der Waals surface area contributed by atoms with Crippen LogP contribution in [0.25, 0.3) is 0 Å². The highest BCUT2D eigenvalue weighted by molar-refractivity contribution is 7.47. The summed E-state index contributed by atoms with van der Waals surface area (Å²) < 4.78 is 39.5. The van der Waals surface area contributed by atoms with Crippen molar-refractivity contribution in [1.82, 2.24) is 0 Å². The van der Waals surface area contributed by atoms with Gasteiger partial charge in [-0.15, -0.1) is 0 Å². The Balaban J connectivity index is 4.81. The molecule has 0 radical (unpaired) electrons. The smallest absolute Gasteiger partial charge is 0.462 e. The molecule has 0 saturated carbocycles. The molecule has 0 aliphatic carbocycles. The van der Waals surface area contributed by atoms with Gasteiger partial charge in [0.15, 0.2) is 6.10 Å². The van der Waals surface area contributed by atoms with Gasteiger partial charge in [-0.2, -0.15) is 0 Å². The molecule has 2 N–H and O–H groups in total. The number of carbonyl (C=O) groups excluding carboxylic acids is 3. The van der Waals surface area contributed by atoms with Crippen molar-refractivity contribution in [3.8, 4) is 0 Å². The number of aliphatic hydroxyl groups is 1. The SMILES string of the molecule is CC/C=C\C/C=C\C/C=C\C/C=C\C/C=C\CCCCCC(=O)OC(COC(=O)CCCCCCC/C=C\CCCCCCCC)COP(=O)(O)OCC(CO)OC(=O)CCCCCCC/C=C\CCCCCC. The molecule has 11 nitrogen and oxygen atoms in total. The third kappa shape index (κ3) is 53.5. The number of ether oxygens (including phenoxy) is 3. The number of phosphoric ester groups is 1. The van der Waals surface area contributed by atoms with Crippen molar-refractivity contribution in [3.63, 3.8) is 0 Å². The highest BCUT2D eigenvalue weighted by atomic mass is 31.2. The first-order valence-corrected chi connectivity index (χ1v) is 31.0. The molecule has 3 atom stereocenters. The van der Waals surface area contributed by atoms with Crippen LogP contribution < -0.4 is 0 Å². The van der Waals surface area contributed by atoms with E-state index >= 15 is 0 Å². The van der Waals surface area contributed by atoms with Crippen LogP contribution in [-0.2, 0) is 42.2 Å².